The molecule has 0 unspecified atom stereocenters. The standard InChI is InChI=1S/C27H35FN10O2/c1-27(2,3)21-12-22(35-38(21)17-6-10-37(16-17)11-7-28)33-26-34-25-23(36(26)4)24(39-5)20(15-32-25)40-19(13-29)18-14-30-8-9-31-18/h8-9,12-15,17H,6-7,10-11,16,29H2,1-5H3,(H,32,33,34,35)/b19-13+/t17-/m1/s1. The zero-order valence-corrected chi connectivity index (χ0v) is 23.4. The van der Waals surface area contributed by atoms with Crippen LogP contribution in [0.15, 0.2) is 37.1 Å². The summed E-state index contributed by atoms with van der Waals surface area (Å²) in [6.45, 7) is 8.23. The molecular weight excluding hydrogens is 515 g/mol. The second kappa shape index (κ2) is 11.1. The molecule has 13 heteroatoms. The molecule has 0 bridgehead atoms. The predicted octanol–water partition coefficient (Wildman–Crippen LogP) is 3.56. The number of imidazole rings is 1. The minimum atomic E-state index is -0.341. The molecule has 1 aliphatic rings. The Balaban J connectivity index is 1.46. The average molecular weight is 551 g/mol. The minimum absolute atomic E-state index is 0.138. The number of methoxy groups -OCH3 is 1. The lowest BCUT2D eigenvalue weighted by atomic mass is 9.91. The van der Waals surface area contributed by atoms with E-state index in [9.17, 15) is 4.39 Å². The van der Waals surface area contributed by atoms with Crippen molar-refractivity contribution in [3.05, 3.63) is 48.4 Å². The summed E-state index contributed by atoms with van der Waals surface area (Å²) in [4.78, 5) is 19.7. The van der Waals surface area contributed by atoms with Crippen LogP contribution in [0.25, 0.3) is 16.9 Å². The first-order chi connectivity index (χ1) is 19.2. The number of pyridine rings is 1. The molecule has 4 aromatic rings. The number of nitrogens with zero attached hydrogens (tertiary/aromatic N) is 8. The number of rotatable bonds is 9. The van der Waals surface area contributed by atoms with Crippen LogP contribution in [-0.2, 0) is 12.5 Å². The van der Waals surface area contributed by atoms with Gasteiger partial charge in [0, 0.05) is 62.5 Å². The molecule has 5 rings (SSSR count). The molecule has 1 fully saturated rings. The largest absolute Gasteiger partial charge is 0.491 e. The molecule has 0 amide bonds. The normalized spacial score (nSPS) is 16.6. The van der Waals surface area contributed by atoms with Gasteiger partial charge in [-0.05, 0) is 6.42 Å². The monoisotopic (exact) mass is 550 g/mol. The fourth-order valence-electron chi connectivity index (χ4n) is 4.96. The van der Waals surface area contributed by atoms with Gasteiger partial charge in [0.15, 0.2) is 28.7 Å². The molecule has 0 saturated carbocycles. The summed E-state index contributed by atoms with van der Waals surface area (Å²) >= 11 is 0. The molecule has 12 nitrogen and oxygen atoms in total. The Hall–Kier alpha value is -4.26. The number of ether oxygens (including phenoxy) is 2. The van der Waals surface area contributed by atoms with E-state index in [0.717, 1.165) is 25.2 Å². The number of aromatic nitrogens is 7. The second-order valence-corrected chi connectivity index (χ2v) is 10.7. The number of aryl methyl sites for hydroxylation is 1. The molecule has 5 heterocycles. The number of hydrogen-bond donors (Lipinski definition) is 2. The lowest BCUT2D eigenvalue weighted by Crippen LogP contribution is -2.26. The quantitative estimate of drug-likeness (QED) is 0.298. The molecule has 1 atom stereocenters. The van der Waals surface area contributed by atoms with Crippen molar-refractivity contribution < 1.29 is 13.9 Å². The summed E-state index contributed by atoms with van der Waals surface area (Å²) in [5, 5.41) is 8.29. The third kappa shape index (κ3) is 5.28. The van der Waals surface area contributed by atoms with Crippen LogP contribution in [-0.4, -0.2) is 72.6 Å². The number of likely N-dealkylation sites (tertiary alicyclic amines) is 1. The fourth-order valence-corrected chi connectivity index (χ4v) is 4.96. The first-order valence-electron chi connectivity index (χ1n) is 13.1. The average Bonchev–Trinajstić information content (AvgIpc) is 3.66. The summed E-state index contributed by atoms with van der Waals surface area (Å²) in [5.74, 6) is 2.31. The Kier molecular flexibility index (Phi) is 7.57. The van der Waals surface area contributed by atoms with Crippen LogP contribution in [0.1, 0.15) is 44.6 Å². The highest BCUT2D eigenvalue weighted by Gasteiger charge is 2.30. The maximum Gasteiger partial charge on any atom is 0.211 e. The van der Waals surface area contributed by atoms with Crippen molar-refractivity contribution in [1.82, 2.24) is 39.2 Å². The number of fused-ring (bicyclic) bond motifs is 1. The topological polar surface area (TPSA) is 134 Å². The van der Waals surface area contributed by atoms with Crippen molar-refractivity contribution in [1.29, 1.82) is 0 Å². The molecule has 0 radical (unpaired) electrons. The molecular formula is C27H35FN10O2. The molecule has 1 saturated heterocycles. The van der Waals surface area contributed by atoms with E-state index in [-0.39, 0.29) is 18.1 Å². The van der Waals surface area contributed by atoms with Crippen LogP contribution in [0.5, 0.6) is 11.5 Å². The minimum Gasteiger partial charge on any atom is -0.491 e. The SMILES string of the molecule is COc1c(O/C(=C/N)c2cnccn2)cnc2nc(Nc3cc(C(C)(C)C)n([C@@H]4CCN(CCF)C4)n3)n(C)c12. The van der Waals surface area contributed by atoms with Crippen LogP contribution < -0.4 is 20.5 Å². The van der Waals surface area contributed by atoms with Gasteiger partial charge < -0.3 is 25.1 Å². The van der Waals surface area contributed by atoms with E-state index in [1.807, 2.05) is 11.6 Å². The van der Waals surface area contributed by atoms with Gasteiger partial charge in [-0.2, -0.15) is 10.1 Å². The first kappa shape index (κ1) is 27.3. The molecule has 212 valence electrons. The molecule has 40 heavy (non-hydrogen) atoms. The van der Waals surface area contributed by atoms with E-state index >= 15 is 0 Å². The van der Waals surface area contributed by atoms with Crippen molar-refractivity contribution in [2.24, 2.45) is 12.8 Å². The van der Waals surface area contributed by atoms with Crippen molar-refractivity contribution in [3.63, 3.8) is 0 Å². The lowest BCUT2D eigenvalue weighted by molar-refractivity contribution is 0.282. The van der Waals surface area contributed by atoms with Gasteiger partial charge in [0.2, 0.25) is 5.95 Å². The van der Waals surface area contributed by atoms with Gasteiger partial charge in [0.1, 0.15) is 17.9 Å². The van der Waals surface area contributed by atoms with Gasteiger partial charge in [-0.15, -0.1) is 0 Å². The number of nitrogens with one attached hydrogen (secondary N) is 1. The van der Waals surface area contributed by atoms with Crippen molar-refractivity contribution in [3.8, 4) is 11.5 Å². The number of halogens is 1. The highest BCUT2D eigenvalue weighted by molar-refractivity contribution is 5.85. The highest BCUT2D eigenvalue weighted by Crippen LogP contribution is 2.38. The summed E-state index contributed by atoms with van der Waals surface area (Å²) in [6.07, 6.45) is 8.45. The Morgan fingerprint density at radius 2 is 2.08 bits per heavy atom. The van der Waals surface area contributed by atoms with Crippen molar-refractivity contribution in [2.45, 2.75) is 38.6 Å². The van der Waals surface area contributed by atoms with Crippen LogP contribution in [0.3, 0.4) is 0 Å². The summed E-state index contributed by atoms with van der Waals surface area (Å²) in [6, 6.07) is 2.23. The Labute approximate surface area is 232 Å². The number of anilines is 2. The van der Waals surface area contributed by atoms with Crippen molar-refractivity contribution in [2.75, 3.05) is 38.7 Å². The third-order valence-electron chi connectivity index (χ3n) is 6.95. The lowest BCUT2D eigenvalue weighted by Gasteiger charge is -2.23. The van der Waals surface area contributed by atoms with Gasteiger partial charge in [-0.25, -0.2) is 14.4 Å². The van der Waals surface area contributed by atoms with E-state index < -0.39 is 0 Å². The molecule has 3 N–H and O–H groups in total. The van der Waals surface area contributed by atoms with E-state index in [1.165, 1.54) is 12.4 Å². The summed E-state index contributed by atoms with van der Waals surface area (Å²) in [7, 11) is 3.42. The van der Waals surface area contributed by atoms with Crippen LogP contribution in [0.4, 0.5) is 16.2 Å². The second-order valence-electron chi connectivity index (χ2n) is 10.7. The first-order valence-corrected chi connectivity index (χ1v) is 13.1. The van der Waals surface area contributed by atoms with E-state index in [1.54, 1.807) is 25.7 Å². The summed E-state index contributed by atoms with van der Waals surface area (Å²) in [5.41, 5.74) is 8.35. The maximum absolute atomic E-state index is 12.9. The zero-order valence-electron chi connectivity index (χ0n) is 23.4. The van der Waals surface area contributed by atoms with E-state index in [0.29, 0.717) is 52.4 Å². The van der Waals surface area contributed by atoms with Gasteiger partial charge >= 0.3 is 0 Å². The molecule has 0 aromatic carbocycles. The van der Waals surface area contributed by atoms with Crippen LogP contribution in [0, 0.1) is 0 Å². The predicted molar refractivity (Wildman–Crippen MR) is 150 cm³/mol. The van der Waals surface area contributed by atoms with Gasteiger partial charge in [0.25, 0.3) is 0 Å². The fraction of sp³-hybridized carbons (Fsp3) is 0.444. The van der Waals surface area contributed by atoms with Crippen LogP contribution in [0.2, 0.25) is 0 Å². The van der Waals surface area contributed by atoms with Gasteiger partial charge in [-0.3, -0.25) is 14.6 Å². The number of nitrogens with two attached hydrogens (primary N) is 1. The molecule has 4 aromatic heterocycles. The number of alkyl halides is 1. The smallest absolute Gasteiger partial charge is 0.211 e. The van der Waals surface area contributed by atoms with Crippen LogP contribution >= 0.6 is 0 Å². The Morgan fingerprint density at radius 1 is 1.25 bits per heavy atom. The van der Waals surface area contributed by atoms with E-state index in [2.05, 4.69) is 56.7 Å². The molecule has 1 aliphatic heterocycles. The third-order valence-corrected chi connectivity index (χ3v) is 6.95. The van der Waals surface area contributed by atoms with E-state index in [4.69, 9.17) is 25.3 Å². The molecule has 0 aliphatic carbocycles. The number of hydrogen-bond acceptors (Lipinski definition) is 10. The highest BCUT2D eigenvalue weighted by atomic mass is 19.1. The van der Waals surface area contributed by atoms with Gasteiger partial charge in [-0.1, -0.05) is 20.8 Å². The van der Waals surface area contributed by atoms with Gasteiger partial charge in [0.05, 0.1) is 25.5 Å². The maximum atomic E-state index is 12.9. The summed E-state index contributed by atoms with van der Waals surface area (Å²) < 4.78 is 28.6. The zero-order chi connectivity index (χ0) is 28.4. The Morgan fingerprint density at radius 3 is 2.75 bits per heavy atom. The van der Waals surface area contributed by atoms with Crippen molar-refractivity contribution >= 4 is 28.7 Å². The Bertz CT molecular complexity index is 1510. The molecule has 0 spiro atoms.